The summed E-state index contributed by atoms with van der Waals surface area (Å²) in [6.07, 6.45) is 3.11. The number of nitrogens with zero attached hydrogens (tertiary/aromatic N) is 2. The molecule has 20 heavy (non-hydrogen) atoms. The predicted molar refractivity (Wildman–Crippen MR) is 77.6 cm³/mol. The SMILES string of the molecule is CC(C)(NS(=O)(=O)c1ccc(CN)cn1)c1nccs1. The van der Waals surface area contributed by atoms with Crippen molar-refractivity contribution in [1.29, 1.82) is 0 Å². The third kappa shape index (κ3) is 3.21. The summed E-state index contributed by atoms with van der Waals surface area (Å²) >= 11 is 1.40. The van der Waals surface area contributed by atoms with Gasteiger partial charge in [-0.05, 0) is 25.5 Å². The monoisotopic (exact) mass is 312 g/mol. The summed E-state index contributed by atoms with van der Waals surface area (Å²) in [6, 6.07) is 3.10. The fourth-order valence-electron chi connectivity index (χ4n) is 1.65. The second kappa shape index (κ2) is 5.57. The lowest BCUT2D eigenvalue weighted by atomic mass is 10.1. The molecule has 0 saturated heterocycles. The Balaban J connectivity index is 2.26. The van der Waals surface area contributed by atoms with Gasteiger partial charge in [0.05, 0.1) is 5.54 Å². The standard InChI is InChI=1S/C12H16N4O2S2/c1-12(2,11-14-5-6-19-11)16-20(17,18)10-4-3-9(7-13)8-15-10/h3-6,8,16H,7,13H2,1-2H3. The summed E-state index contributed by atoms with van der Waals surface area (Å²) in [4.78, 5) is 8.09. The molecular formula is C12H16N4O2S2. The van der Waals surface area contributed by atoms with E-state index in [2.05, 4.69) is 14.7 Å². The molecule has 0 spiro atoms. The molecule has 0 aliphatic carbocycles. The van der Waals surface area contributed by atoms with Crippen molar-refractivity contribution in [1.82, 2.24) is 14.7 Å². The van der Waals surface area contributed by atoms with Crippen LogP contribution in [0.4, 0.5) is 0 Å². The molecule has 108 valence electrons. The van der Waals surface area contributed by atoms with Crippen LogP contribution >= 0.6 is 11.3 Å². The van der Waals surface area contributed by atoms with Crippen LogP contribution in [0.3, 0.4) is 0 Å². The highest BCUT2D eigenvalue weighted by molar-refractivity contribution is 7.89. The zero-order valence-electron chi connectivity index (χ0n) is 11.2. The number of nitrogens with two attached hydrogens (primary N) is 1. The summed E-state index contributed by atoms with van der Waals surface area (Å²) in [5.41, 5.74) is 5.45. The number of sulfonamides is 1. The molecule has 0 saturated carbocycles. The highest BCUT2D eigenvalue weighted by Crippen LogP contribution is 2.24. The first-order valence-corrected chi connectivity index (χ1v) is 8.30. The highest BCUT2D eigenvalue weighted by atomic mass is 32.2. The third-order valence-corrected chi connectivity index (χ3v) is 5.33. The number of aromatic nitrogens is 2. The Morgan fingerprint density at radius 3 is 2.60 bits per heavy atom. The number of nitrogens with one attached hydrogen (secondary N) is 1. The van der Waals surface area contributed by atoms with Crippen molar-refractivity contribution in [3.05, 3.63) is 40.5 Å². The second-order valence-electron chi connectivity index (χ2n) is 4.78. The minimum absolute atomic E-state index is 0.0284. The minimum Gasteiger partial charge on any atom is -0.326 e. The van der Waals surface area contributed by atoms with E-state index in [9.17, 15) is 8.42 Å². The van der Waals surface area contributed by atoms with Gasteiger partial charge < -0.3 is 5.73 Å². The predicted octanol–water partition coefficient (Wildman–Crippen LogP) is 1.21. The van der Waals surface area contributed by atoms with Crippen molar-refractivity contribution in [3.8, 4) is 0 Å². The molecule has 8 heteroatoms. The van der Waals surface area contributed by atoms with Crippen LogP contribution in [0.25, 0.3) is 0 Å². The van der Waals surface area contributed by atoms with E-state index < -0.39 is 15.6 Å². The molecule has 2 heterocycles. The molecule has 2 aromatic rings. The number of pyridine rings is 1. The molecule has 0 amide bonds. The molecule has 0 aliphatic rings. The zero-order valence-corrected chi connectivity index (χ0v) is 12.8. The van der Waals surface area contributed by atoms with E-state index in [4.69, 9.17) is 5.73 Å². The Hall–Kier alpha value is -1.35. The summed E-state index contributed by atoms with van der Waals surface area (Å²) in [5, 5.41) is 2.47. The molecule has 0 radical (unpaired) electrons. The number of rotatable bonds is 5. The molecule has 0 unspecified atom stereocenters. The van der Waals surface area contributed by atoms with Crippen molar-refractivity contribution >= 4 is 21.4 Å². The van der Waals surface area contributed by atoms with Crippen molar-refractivity contribution in [2.45, 2.75) is 31.0 Å². The first-order chi connectivity index (χ1) is 9.35. The Bertz CT molecular complexity index is 664. The molecule has 0 aliphatic heterocycles. The Kier molecular flexibility index (Phi) is 4.19. The van der Waals surface area contributed by atoms with Crippen LogP contribution in [0.2, 0.25) is 0 Å². The van der Waals surface area contributed by atoms with E-state index in [0.29, 0.717) is 11.6 Å². The summed E-state index contributed by atoms with van der Waals surface area (Å²) in [6.45, 7) is 3.85. The second-order valence-corrected chi connectivity index (χ2v) is 7.30. The van der Waals surface area contributed by atoms with Crippen molar-refractivity contribution in [3.63, 3.8) is 0 Å². The van der Waals surface area contributed by atoms with Gasteiger partial charge in [-0.1, -0.05) is 6.07 Å². The van der Waals surface area contributed by atoms with Gasteiger partial charge in [-0.3, -0.25) is 0 Å². The van der Waals surface area contributed by atoms with E-state index in [1.54, 1.807) is 31.5 Å². The zero-order chi connectivity index (χ0) is 14.8. The maximum absolute atomic E-state index is 12.3. The van der Waals surface area contributed by atoms with Gasteiger partial charge in [0, 0.05) is 24.3 Å². The van der Waals surface area contributed by atoms with Gasteiger partial charge in [0.15, 0.2) is 5.03 Å². The van der Waals surface area contributed by atoms with Gasteiger partial charge in [0.25, 0.3) is 10.0 Å². The van der Waals surface area contributed by atoms with Gasteiger partial charge in [0.1, 0.15) is 5.01 Å². The molecule has 0 bridgehead atoms. The molecule has 3 N–H and O–H groups in total. The molecule has 6 nitrogen and oxygen atoms in total. The Labute approximate surface area is 122 Å². The number of hydrogen-bond donors (Lipinski definition) is 2. The number of hydrogen-bond acceptors (Lipinski definition) is 6. The van der Waals surface area contributed by atoms with Crippen LogP contribution < -0.4 is 10.5 Å². The number of thiazole rings is 1. The largest absolute Gasteiger partial charge is 0.326 e. The lowest BCUT2D eigenvalue weighted by Gasteiger charge is -2.23. The lowest BCUT2D eigenvalue weighted by molar-refractivity contribution is 0.468. The highest BCUT2D eigenvalue weighted by Gasteiger charge is 2.30. The minimum atomic E-state index is -3.70. The molecule has 0 atom stereocenters. The van der Waals surface area contributed by atoms with Crippen LogP contribution in [0.1, 0.15) is 24.4 Å². The normalized spacial score (nSPS) is 12.6. The van der Waals surface area contributed by atoms with Crippen LogP contribution in [0, 0.1) is 0 Å². The topological polar surface area (TPSA) is 98.0 Å². The van der Waals surface area contributed by atoms with E-state index in [0.717, 1.165) is 5.56 Å². The van der Waals surface area contributed by atoms with Gasteiger partial charge in [-0.2, -0.15) is 4.72 Å². The average Bonchev–Trinajstić information content (AvgIpc) is 2.92. The molecule has 0 fully saturated rings. The first-order valence-electron chi connectivity index (χ1n) is 5.94. The van der Waals surface area contributed by atoms with E-state index in [1.165, 1.54) is 23.6 Å². The summed E-state index contributed by atoms with van der Waals surface area (Å²) in [7, 11) is -3.70. The van der Waals surface area contributed by atoms with Crippen molar-refractivity contribution < 1.29 is 8.42 Å². The van der Waals surface area contributed by atoms with Crippen molar-refractivity contribution in [2.75, 3.05) is 0 Å². The average molecular weight is 312 g/mol. The maximum atomic E-state index is 12.3. The van der Waals surface area contributed by atoms with Crippen LogP contribution in [0.15, 0.2) is 34.9 Å². The molecule has 2 rings (SSSR count). The van der Waals surface area contributed by atoms with Gasteiger partial charge >= 0.3 is 0 Å². The van der Waals surface area contributed by atoms with Crippen molar-refractivity contribution in [2.24, 2.45) is 5.73 Å². The van der Waals surface area contributed by atoms with E-state index in [1.807, 2.05) is 0 Å². The van der Waals surface area contributed by atoms with Gasteiger partial charge in [-0.15, -0.1) is 11.3 Å². The van der Waals surface area contributed by atoms with Gasteiger partial charge in [-0.25, -0.2) is 18.4 Å². The third-order valence-electron chi connectivity index (χ3n) is 2.67. The molecule has 0 aromatic carbocycles. The first kappa shape index (κ1) is 15.0. The smallest absolute Gasteiger partial charge is 0.258 e. The van der Waals surface area contributed by atoms with Gasteiger partial charge in [0.2, 0.25) is 0 Å². The summed E-state index contributed by atoms with van der Waals surface area (Å²) < 4.78 is 27.2. The van der Waals surface area contributed by atoms with Crippen LogP contribution in [-0.2, 0) is 22.1 Å². The Morgan fingerprint density at radius 1 is 1.35 bits per heavy atom. The molecule has 2 aromatic heterocycles. The lowest BCUT2D eigenvalue weighted by Crippen LogP contribution is -2.41. The molecular weight excluding hydrogens is 296 g/mol. The van der Waals surface area contributed by atoms with E-state index in [-0.39, 0.29) is 5.03 Å². The Morgan fingerprint density at radius 2 is 2.10 bits per heavy atom. The quantitative estimate of drug-likeness (QED) is 0.865. The maximum Gasteiger partial charge on any atom is 0.258 e. The van der Waals surface area contributed by atoms with Crippen LogP contribution in [-0.4, -0.2) is 18.4 Å². The fourth-order valence-corrected chi connectivity index (χ4v) is 3.75. The van der Waals surface area contributed by atoms with Crippen LogP contribution in [0.5, 0.6) is 0 Å². The van der Waals surface area contributed by atoms with E-state index >= 15 is 0 Å². The summed E-state index contributed by atoms with van der Waals surface area (Å²) in [5.74, 6) is 0. The fraction of sp³-hybridized carbons (Fsp3) is 0.333.